The number of hydrogen-bond acceptors (Lipinski definition) is 4. The molecule has 0 rings (SSSR count). The second-order valence-electron chi connectivity index (χ2n) is 6.05. The van der Waals surface area contributed by atoms with Gasteiger partial charge in [-0.3, -0.25) is 4.79 Å². The molecular weight excluding hydrogens is 252 g/mol. The molecule has 1 N–H and O–H groups in total. The van der Waals surface area contributed by atoms with Crippen molar-refractivity contribution in [3.63, 3.8) is 0 Å². The van der Waals surface area contributed by atoms with Gasteiger partial charge in [0, 0.05) is 12.5 Å². The van der Waals surface area contributed by atoms with Gasteiger partial charge in [0.2, 0.25) is 0 Å². The fourth-order valence-electron chi connectivity index (χ4n) is 2.33. The van der Waals surface area contributed by atoms with Crippen LogP contribution in [0.1, 0.15) is 53.4 Å². The van der Waals surface area contributed by atoms with Gasteiger partial charge in [-0.05, 0) is 65.7 Å². The van der Waals surface area contributed by atoms with E-state index >= 15 is 0 Å². The van der Waals surface area contributed by atoms with E-state index in [0.717, 1.165) is 38.4 Å². The molecule has 4 heteroatoms. The lowest BCUT2D eigenvalue weighted by molar-refractivity contribution is -0.143. The van der Waals surface area contributed by atoms with Gasteiger partial charge in [-0.1, -0.05) is 13.8 Å². The molecule has 1 unspecified atom stereocenters. The average molecular weight is 286 g/mol. The number of hydrogen-bond donors (Lipinski definition) is 1. The highest BCUT2D eigenvalue weighted by atomic mass is 16.5. The number of carbonyl (C=O) groups is 1. The number of rotatable bonds is 12. The van der Waals surface area contributed by atoms with Gasteiger partial charge in [0.05, 0.1) is 6.61 Å². The molecule has 4 nitrogen and oxygen atoms in total. The molecular formula is C16H34N2O2. The maximum Gasteiger partial charge on any atom is 0.305 e. The van der Waals surface area contributed by atoms with Crippen molar-refractivity contribution >= 4 is 5.97 Å². The summed E-state index contributed by atoms with van der Waals surface area (Å²) in [5, 5.41) is 3.56. The monoisotopic (exact) mass is 286 g/mol. The van der Waals surface area contributed by atoms with Crippen LogP contribution in [0.4, 0.5) is 0 Å². The molecule has 0 radical (unpaired) electrons. The van der Waals surface area contributed by atoms with E-state index in [1.807, 2.05) is 6.92 Å². The summed E-state index contributed by atoms with van der Waals surface area (Å²) in [5.41, 5.74) is 0. The Morgan fingerprint density at radius 3 is 2.45 bits per heavy atom. The highest BCUT2D eigenvalue weighted by Crippen LogP contribution is 2.03. The van der Waals surface area contributed by atoms with Crippen LogP contribution >= 0.6 is 0 Å². The van der Waals surface area contributed by atoms with E-state index < -0.39 is 0 Å². The first-order valence-corrected chi connectivity index (χ1v) is 8.03. The number of ether oxygens (including phenoxy) is 1. The maximum atomic E-state index is 11.2. The van der Waals surface area contributed by atoms with Crippen LogP contribution in [-0.4, -0.2) is 50.2 Å². The summed E-state index contributed by atoms with van der Waals surface area (Å²) in [6, 6.07) is 0.601. The Hall–Kier alpha value is -0.610. The van der Waals surface area contributed by atoms with E-state index in [0.29, 0.717) is 19.1 Å². The Morgan fingerprint density at radius 2 is 1.85 bits per heavy atom. The van der Waals surface area contributed by atoms with Gasteiger partial charge >= 0.3 is 5.97 Å². The third-order valence-electron chi connectivity index (χ3n) is 3.26. The zero-order chi connectivity index (χ0) is 15.4. The van der Waals surface area contributed by atoms with Crippen LogP contribution in [0.5, 0.6) is 0 Å². The lowest BCUT2D eigenvalue weighted by atomic mass is 10.1. The van der Waals surface area contributed by atoms with Gasteiger partial charge in [-0.25, -0.2) is 0 Å². The Kier molecular flexibility index (Phi) is 11.8. The topological polar surface area (TPSA) is 41.6 Å². The number of carbonyl (C=O) groups excluding carboxylic acids is 1. The quantitative estimate of drug-likeness (QED) is 0.442. The first kappa shape index (κ1) is 19.4. The van der Waals surface area contributed by atoms with Gasteiger partial charge in [0.25, 0.3) is 0 Å². The molecule has 0 aliphatic heterocycles. The SMILES string of the molecule is CCOC(=O)CCCN(C)CCCNC(C)CC(C)C. The van der Waals surface area contributed by atoms with Crippen LogP contribution in [0, 0.1) is 5.92 Å². The minimum Gasteiger partial charge on any atom is -0.466 e. The molecule has 0 heterocycles. The zero-order valence-corrected chi connectivity index (χ0v) is 14.1. The average Bonchev–Trinajstić information content (AvgIpc) is 2.34. The van der Waals surface area contributed by atoms with E-state index in [2.05, 4.69) is 38.0 Å². The van der Waals surface area contributed by atoms with Crippen molar-refractivity contribution in [1.29, 1.82) is 0 Å². The lowest BCUT2D eigenvalue weighted by Crippen LogP contribution is -2.31. The molecule has 1 atom stereocenters. The van der Waals surface area contributed by atoms with Gasteiger partial charge in [-0.15, -0.1) is 0 Å². The van der Waals surface area contributed by atoms with E-state index in [-0.39, 0.29) is 5.97 Å². The second-order valence-corrected chi connectivity index (χ2v) is 6.05. The predicted molar refractivity (Wildman–Crippen MR) is 84.9 cm³/mol. The zero-order valence-electron chi connectivity index (χ0n) is 14.1. The highest BCUT2D eigenvalue weighted by Gasteiger charge is 2.05. The van der Waals surface area contributed by atoms with E-state index in [1.54, 1.807) is 0 Å². The van der Waals surface area contributed by atoms with Crippen LogP contribution in [0.15, 0.2) is 0 Å². The Labute approximate surface area is 125 Å². The van der Waals surface area contributed by atoms with Gasteiger partial charge < -0.3 is 15.0 Å². The fraction of sp³-hybridized carbons (Fsp3) is 0.938. The fourth-order valence-corrected chi connectivity index (χ4v) is 2.33. The van der Waals surface area contributed by atoms with Crippen LogP contribution < -0.4 is 5.32 Å². The van der Waals surface area contributed by atoms with Crippen molar-refractivity contribution in [2.75, 3.05) is 33.3 Å². The summed E-state index contributed by atoms with van der Waals surface area (Å²) >= 11 is 0. The van der Waals surface area contributed by atoms with Gasteiger partial charge in [-0.2, -0.15) is 0 Å². The molecule has 0 aliphatic carbocycles. The molecule has 0 aliphatic rings. The predicted octanol–water partition coefficient (Wildman–Crippen LogP) is 2.68. The molecule has 0 amide bonds. The molecule has 0 aromatic rings. The highest BCUT2D eigenvalue weighted by molar-refractivity contribution is 5.69. The van der Waals surface area contributed by atoms with Crippen molar-refractivity contribution in [2.24, 2.45) is 5.92 Å². The summed E-state index contributed by atoms with van der Waals surface area (Å²) in [6.07, 6.45) is 3.79. The third-order valence-corrected chi connectivity index (χ3v) is 3.26. The summed E-state index contributed by atoms with van der Waals surface area (Å²) in [7, 11) is 2.11. The third kappa shape index (κ3) is 12.4. The summed E-state index contributed by atoms with van der Waals surface area (Å²) in [5.74, 6) is 0.674. The minimum atomic E-state index is -0.0786. The smallest absolute Gasteiger partial charge is 0.305 e. The van der Waals surface area contributed by atoms with Crippen LogP contribution in [0.25, 0.3) is 0 Å². The summed E-state index contributed by atoms with van der Waals surface area (Å²) in [4.78, 5) is 13.5. The number of nitrogens with one attached hydrogen (secondary N) is 1. The normalized spacial score (nSPS) is 12.9. The molecule has 20 heavy (non-hydrogen) atoms. The van der Waals surface area contributed by atoms with Crippen LogP contribution in [-0.2, 0) is 9.53 Å². The largest absolute Gasteiger partial charge is 0.466 e. The standard InChI is InChI=1S/C16H34N2O2/c1-6-20-16(19)9-7-11-18(5)12-8-10-17-15(4)13-14(2)3/h14-15,17H,6-13H2,1-5H3. The number of esters is 1. The van der Waals surface area contributed by atoms with E-state index in [9.17, 15) is 4.79 Å². The maximum absolute atomic E-state index is 11.2. The molecule has 0 spiro atoms. The molecule has 0 saturated heterocycles. The van der Waals surface area contributed by atoms with E-state index in [1.165, 1.54) is 6.42 Å². The summed E-state index contributed by atoms with van der Waals surface area (Å²) < 4.78 is 4.91. The first-order chi connectivity index (χ1) is 9.45. The van der Waals surface area contributed by atoms with E-state index in [4.69, 9.17) is 4.74 Å². The molecule has 120 valence electrons. The van der Waals surface area contributed by atoms with Crippen molar-refractivity contribution in [3.05, 3.63) is 0 Å². The van der Waals surface area contributed by atoms with Crippen molar-refractivity contribution in [3.8, 4) is 0 Å². The molecule has 0 saturated carbocycles. The van der Waals surface area contributed by atoms with Crippen LogP contribution in [0.2, 0.25) is 0 Å². The minimum absolute atomic E-state index is 0.0786. The number of nitrogens with zero attached hydrogens (tertiary/aromatic N) is 1. The summed E-state index contributed by atoms with van der Waals surface area (Å²) in [6.45, 7) is 12.2. The second kappa shape index (κ2) is 12.2. The Morgan fingerprint density at radius 1 is 1.20 bits per heavy atom. The van der Waals surface area contributed by atoms with Crippen molar-refractivity contribution in [2.45, 2.75) is 59.4 Å². The van der Waals surface area contributed by atoms with Crippen molar-refractivity contribution < 1.29 is 9.53 Å². The Balaban J connectivity index is 3.45. The lowest BCUT2D eigenvalue weighted by Gasteiger charge is -2.19. The van der Waals surface area contributed by atoms with Crippen molar-refractivity contribution in [1.82, 2.24) is 10.2 Å². The Bertz CT molecular complexity index is 245. The molecule has 0 aromatic heterocycles. The molecule has 0 bridgehead atoms. The first-order valence-electron chi connectivity index (χ1n) is 8.03. The molecule has 0 fully saturated rings. The molecule has 0 aromatic carbocycles. The van der Waals surface area contributed by atoms with Crippen LogP contribution in [0.3, 0.4) is 0 Å². The van der Waals surface area contributed by atoms with Gasteiger partial charge in [0.15, 0.2) is 0 Å². The van der Waals surface area contributed by atoms with Gasteiger partial charge in [0.1, 0.15) is 0 Å².